The van der Waals surface area contributed by atoms with Gasteiger partial charge in [0.15, 0.2) is 0 Å². The van der Waals surface area contributed by atoms with Crippen molar-refractivity contribution in [1.29, 1.82) is 0 Å². The monoisotopic (exact) mass is 343 g/mol. The van der Waals surface area contributed by atoms with Crippen LogP contribution in [0.4, 0.5) is 0 Å². The fourth-order valence-electron chi connectivity index (χ4n) is 4.67. The Kier molecular flexibility index (Phi) is 2.87. The molecule has 1 aromatic carbocycles. The third-order valence-corrected chi connectivity index (χ3v) is 6.13. The quantitative estimate of drug-likeness (QED) is 0.560. The first-order chi connectivity index (χ1) is 12.8. The molecule has 0 atom stereocenters. The van der Waals surface area contributed by atoms with Crippen molar-refractivity contribution in [3.05, 3.63) is 40.8 Å². The fourth-order valence-corrected chi connectivity index (χ4v) is 4.67. The molecule has 1 fully saturated rings. The van der Waals surface area contributed by atoms with Gasteiger partial charge >= 0.3 is 0 Å². The Bertz CT molecular complexity index is 1160. The van der Waals surface area contributed by atoms with E-state index in [0.29, 0.717) is 5.92 Å². The van der Waals surface area contributed by atoms with E-state index in [-0.39, 0.29) is 0 Å². The highest BCUT2D eigenvalue weighted by Gasteiger charge is 2.30. The van der Waals surface area contributed by atoms with E-state index in [1.165, 1.54) is 58.7 Å². The molecule has 0 amide bonds. The van der Waals surface area contributed by atoms with E-state index in [2.05, 4.69) is 33.4 Å². The summed E-state index contributed by atoms with van der Waals surface area (Å²) in [6.07, 6.45) is 11.2. The third-order valence-electron chi connectivity index (χ3n) is 6.13. The van der Waals surface area contributed by atoms with Gasteiger partial charge in [0.1, 0.15) is 0 Å². The first-order valence-corrected chi connectivity index (χ1v) is 9.63. The van der Waals surface area contributed by atoms with E-state index in [9.17, 15) is 0 Å². The highest BCUT2D eigenvalue weighted by atomic mass is 15.1. The van der Waals surface area contributed by atoms with Crippen molar-refractivity contribution < 1.29 is 0 Å². The van der Waals surface area contributed by atoms with E-state index in [0.717, 1.165) is 35.3 Å². The van der Waals surface area contributed by atoms with Crippen LogP contribution >= 0.6 is 0 Å². The molecular formula is C21H21N5. The zero-order chi connectivity index (χ0) is 17.3. The van der Waals surface area contributed by atoms with Crippen LogP contribution in [0.1, 0.15) is 54.0 Å². The molecule has 2 N–H and O–H groups in total. The van der Waals surface area contributed by atoms with Gasteiger partial charge in [-0.05, 0) is 74.1 Å². The van der Waals surface area contributed by atoms with Crippen LogP contribution in [0.2, 0.25) is 0 Å². The van der Waals surface area contributed by atoms with Crippen molar-refractivity contribution in [2.45, 2.75) is 51.4 Å². The fraction of sp³-hybridized carbons (Fsp3) is 0.381. The molecule has 1 saturated carbocycles. The number of aromatic amines is 2. The summed E-state index contributed by atoms with van der Waals surface area (Å²) < 4.78 is 0. The zero-order valence-corrected chi connectivity index (χ0v) is 14.9. The molecule has 5 nitrogen and oxygen atoms in total. The Morgan fingerprint density at radius 3 is 2.58 bits per heavy atom. The smallest absolute Gasteiger partial charge is 0.0778 e. The molecule has 3 aromatic heterocycles. The van der Waals surface area contributed by atoms with Crippen molar-refractivity contribution in [2.24, 2.45) is 0 Å². The number of fused-ring (bicyclic) bond motifs is 5. The van der Waals surface area contributed by atoms with Gasteiger partial charge in [0.2, 0.25) is 0 Å². The van der Waals surface area contributed by atoms with E-state index < -0.39 is 0 Å². The van der Waals surface area contributed by atoms with E-state index >= 15 is 0 Å². The minimum absolute atomic E-state index is 0.651. The van der Waals surface area contributed by atoms with Crippen molar-refractivity contribution >= 4 is 21.8 Å². The Morgan fingerprint density at radius 1 is 1.00 bits per heavy atom. The number of pyridine rings is 1. The number of hydrogen-bond acceptors (Lipinski definition) is 3. The Balaban J connectivity index is 1.80. The van der Waals surface area contributed by atoms with Crippen LogP contribution in [-0.2, 0) is 12.8 Å². The molecular weight excluding hydrogens is 322 g/mol. The van der Waals surface area contributed by atoms with Gasteiger partial charge in [-0.25, -0.2) is 4.98 Å². The minimum atomic E-state index is 0.651. The average molecular weight is 343 g/mol. The van der Waals surface area contributed by atoms with Crippen molar-refractivity contribution in [3.8, 4) is 11.3 Å². The van der Waals surface area contributed by atoms with Crippen molar-refractivity contribution in [2.75, 3.05) is 0 Å². The van der Waals surface area contributed by atoms with Crippen LogP contribution in [0.15, 0.2) is 18.5 Å². The van der Waals surface area contributed by atoms with Gasteiger partial charge in [0.05, 0.1) is 29.1 Å². The lowest BCUT2D eigenvalue weighted by molar-refractivity contribution is 0.689. The number of hydrogen-bond donors (Lipinski definition) is 2. The minimum Gasteiger partial charge on any atom is -0.282 e. The average Bonchev–Trinajstić information content (AvgIpc) is 3.25. The third kappa shape index (κ3) is 1.94. The number of H-pyrrole nitrogens is 2. The summed E-state index contributed by atoms with van der Waals surface area (Å²) in [6, 6.07) is 2.29. The van der Waals surface area contributed by atoms with Crippen molar-refractivity contribution in [1.82, 2.24) is 25.4 Å². The zero-order valence-electron chi connectivity index (χ0n) is 14.9. The van der Waals surface area contributed by atoms with Crippen LogP contribution in [0.5, 0.6) is 0 Å². The molecule has 0 bridgehead atoms. The number of benzene rings is 1. The summed E-state index contributed by atoms with van der Waals surface area (Å²) in [7, 11) is 0. The molecule has 5 heteroatoms. The van der Waals surface area contributed by atoms with Gasteiger partial charge in [-0.15, -0.1) is 0 Å². The number of nitrogens with one attached hydrogen (secondary N) is 2. The summed E-state index contributed by atoms with van der Waals surface area (Å²) in [6.45, 7) is 2.09. The summed E-state index contributed by atoms with van der Waals surface area (Å²) in [5, 5.41) is 17.5. The number of aryl methyl sites for hydroxylation is 2. The lowest BCUT2D eigenvalue weighted by atomic mass is 9.84. The molecule has 4 aromatic rings. The van der Waals surface area contributed by atoms with Crippen LogP contribution in [-0.4, -0.2) is 25.4 Å². The van der Waals surface area contributed by atoms with Gasteiger partial charge in [-0.2, -0.15) is 10.2 Å². The van der Waals surface area contributed by atoms with Gasteiger partial charge < -0.3 is 0 Å². The maximum Gasteiger partial charge on any atom is 0.0778 e. The number of aromatic nitrogens is 5. The molecule has 0 spiro atoms. The summed E-state index contributed by atoms with van der Waals surface area (Å²) >= 11 is 0. The molecule has 6 rings (SSSR count). The van der Waals surface area contributed by atoms with Gasteiger partial charge in [-0.1, -0.05) is 0 Å². The van der Waals surface area contributed by atoms with Crippen LogP contribution < -0.4 is 0 Å². The SMILES string of the molecule is Cc1[nH]ncc1-c1nc2c(C3CC3)cc3[nH]ncc3c2c2c1CCCC2. The molecule has 130 valence electrons. The molecule has 0 unspecified atom stereocenters. The number of nitrogens with zero attached hydrogens (tertiary/aromatic N) is 3. The largest absolute Gasteiger partial charge is 0.282 e. The van der Waals surface area contributed by atoms with Crippen LogP contribution in [0, 0.1) is 6.92 Å². The predicted molar refractivity (Wildman–Crippen MR) is 102 cm³/mol. The topological polar surface area (TPSA) is 70.2 Å². The highest BCUT2D eigenvalue weighted by Crippen LogP contribution is 2.47. The predicted octanol–water partition coefficient (Wildman–Crippen LogP) is 4.57. The van der Waals surface area contributed by atoms with E-state index in [1.807, 2.05) is 12.4 Å². The Morgan fingerprint density at radius 2 is 1.81 bits per heavy atom. The lowest BCUT2D eigenvalue weighted by Gasteiger charge is -2.22. The van der Waals surface area contributed by atoms with E-state index in [4.69, 9.17) is 4.98 Å². The second-order valence-electron chi connectivity index (χ2n) is 7.83. The summed E-state index contributed by atoms with van der Waals surface area (Å²) in [5.41, 5.74) is 10.0. The van der Waals surface area contributed by atoms with Crippen LogP contribution in [0.25, 0.3) is 33.1 Å². The molecule has 2 aliphatic carbocycles. The first kappa shape index (κ1) is 14.5. The standard InChI is InChI=1S/C21H21N5/c1-11-16(9-22-25-11)20-14-5-3-2-4-13(14)19-17-10-23-26-18(17)8-15(12-6-7-12)21(19)24-20/h8-10,12H,2-7H2,1H3,(H,22,25)(H,23,26). The molecule has 26 heavy (non-hydrogen) atoms. The van der Waals surface area contributed by atoms with Crippen LogP contribution in [0.3, 0.4) is 0 Å². The molecule has 0 radical (unpaired) electrons. The Labute approximate surface area is 151 Å². The first-order valence-electron chi connectivity index (χ1n) is 9.63. The normalized spacial score (nSPS) is 17.1. The maximum atomic E-state index is 5.28. The van der Waals surface area contributed by atoms with Gasteiger partial charge in [0.25, 0.3) is 0 Å². The molecule has 2 aliphatic rings. The molecule has 0 aliphatic heterocycles. The van der Waals surface area contributed by atoms with Gasteiger partial charge in [0, 0.05) is 22.0 Å². The summed E-state index contributed by atoms with van der Waals surface area (Å²) in [4.78, 5) is 5.28. The lowest BCUT2D eigenvalue weighted by Crippen LogP contribution is -2.09. The molecule has 0 saturated heterocycles. The second kappa shape index (κ2) is 5.16. The molecule has 3 heterocycles. The number of rotatable bonds is 2. The Hall–Kier alpha value is -2.69. The second-order valence-corrected chi connectivity index (χ2v) is 7.83. The maximum absolute atomic E-state index is 5.28. The highest BCUT2D eigenvalue weighted by molar-refractivity contribution is 6.09. The van der Waals surface area contributed by atoms with Crippen molar-refractivity contribution in [3.63, 3.8) is 0 Å². The van der Waals surface area contributed by atoms with Gasteiger partial charge in [-0.3, -0.25) is 10.2 Å². The van der Waals surface area contributed by atoms with E-state index in [1.54, 1.807) is 0 Å². The summed E-state index contributed by atoms with van der Waals surface area (Å²) in [5.74, 6) is 0.651.